The van der Waals surface area contributed by atoms with Crippen LogP contribution in [0.2, 0.25) is 0 Å². The lowest BCUT2D eigenvalue weighted by atomic mass is 10.1. The molecular weight excluding hydrogens is 544 g/mol. The van der Waals surface area contributed by atoms with E-state index in [9.17, 15) is 13.6 Å². The fourth-order valence-electron chi connectivity index (χ4n) is 4.22. The number of aromatic amines is 1. The molecule has 1 saturated heterocycles. The van der Waals surface area contributed by atoms with Crippen molar-refractivity contribution < 1.29 is 18.3 Å². The summed E-state index contributed by atoms with van der Waals surface area (Å²) in [6.45, 7) is -0.151. The first-order chi connectivity index (χ1) is 18.0. The van der Waals surface area contributed by atoms with Gasteiger partial charge in [-0.1, -0.05) is 15.9 Å². The number of carbonyl (C=O) groups excluding carboxylic acids is 1. The third-order valence-electron chi connectivity index (χ3n) is 6.08. The van der Waals surface area contributed by atoms with Crippen LogP contribution in [0.1, 0.15) is 17.4 Å². The number of rotatable bonds is 5. The molecule has 3 heterocycles. The molecular formula is C27H18BrF2N5O2. The van der Waals surface area contributed by atoms with Crippen molar-refractivity contribution >= 4 is 38.9 Å². The molecule has 1 unspecified atom stereocenters. The second-order valence-corrected chi connectivity index (χ2v) is 9.35. The second kappa shape index (κ2) is 9.38. The number of nitrogens with zero attached hydrogens (tertiary/aromatic N) is 4. The minimum absolute atomic E-state index is 0.151. The van der Waals surface area contributed by atoms with Gasteiger partial charge in [0, 0.05) is 39.6 Å². The van der Waals surface area contributed by atoms with E-state index >= 15 is 0 Å². The number of hydrogen-bond acceptors (Lipinski definition) is 4. The molecule has 5 aromatic rings. The Labute approximate surface area is 218 Å². The van der Waals surface area contributed by atoms with Gasteiger partial charge in [0.1, 0.15) is 23.9 Å². The molecule has 10 heteroatoms. The summed E-state index contributed by atoms with van der Waals surface area (Å²) in [5.41, 5.74) is 4.06. The zero-order valence-corrected chi connectivity index (χ0v) is 20.7. The Morgan fingerprint density at radius 3 is 2.65 bits per heavy atom. The van der Waals surface area contributed by atoms with Crippen LogP contribution in [0.15, 0.2) is 83.9 Å². The third kappa shape index (κ3) is 4.45. The predicted molar refractivity (Wildman–Crippen MR) is 137 cm³/mol. The van der Waals surface area contributed by atoms with Crippen molar-refractivity contribution in [1.29, 1.82) is 0 Å². The first kappa shape index (κ1) is 23.3. The molecule has 37 heavy (non-hydrogen) atoms. The normalized spacial score (nSPS) is 15.9. The number of hydrogen-bond donors (Lipinski definition) is 1. The summed E-state index contributed by atoms with van der Waals surface area (Å²) in [4.78, 5) is 21.2. The number of fused-ring (bicyclic) bond motifs is 1. The molecule has 1 amide bonds. The van der Waals surface area contributed by atoms with E-state index in [1.165, 1.54) is 41.7 Å². The van der Waals surface area contributed by atoms with Gasteiger partial charge >= 0.3 is 0 Å². The van der Waals surface area contributed by atoms with Crippen molar-refractivity contribution in [1.82, 2.24) is 24.6 Å². The zero-order chi connectivity index (χ0) is 25.5. The predicted octanol–water partition coefficient (Wildman–Crippen LogP) is 5.98. The topological polar surface area (TPSA) is 76.0 Å². The molecule has 0 radical (unpaired) electrons. The molecule has 0 aliphatic carbocycles. The molecule has 0 bridgehead atoms. The van der Waals surface area contributed by atoms with Crippen LogP contribution in [0.25, 0.3) is 34.1 Å². The van der Waals surface area contributed by atoms with Crippen LogP contribution < -0.4 is 0 Å². The number of imidazole rings is 1. The van der Waals surface area contributed by atoms with Crippen LogP contribution in [-0.2, 0) is 9.53 Å². The van der Waals surface area contributed by atoms with Gasteiger partial charge in [-0.25, -0.2) is 18.4 Å². The van der Waals surface area contributed by atoms with Gasteiger partial charge in [0.15, 0.2) is 6.23 Å². The van der Waals surface area contributed by atoms with Crippen LogP contribution in [0.3, 0.4) is 0 Å². The van der Waals surface area contributed by atoms with Gasteiger partial charge in [0.25, 0.3) is 5.91 Å². The summed E-state index contributed by atoms with van der Waals surface area (Å²) in [5.74, 6) is -1.11. The number of benzene rings is 3. The van der Waals surface area contributed by atoms with Crippen LogP contribution >= 0.6 is 15.9 Å². The summed E-state index contributed by atoms with van der Waals surface area (Å²) in [6.07, 6.45) is 5.47. The van der Waals surface area contributed by atoms with E-state index in [1.807, 2.05) is 24.3 Å². The molecule has 1 fully saturated rings. The molecule has 0 spiro atoms. The molecule has 1 aliphatic rings. The Bertz CT molecular complexity index is 1640. The molecule has 3 aromatic carbocycles. The molecule has 7 nitrogen and oxygen atoms in total. The Hall–Kier alpha value is -4.15. The second-order valence-electron chi connectivity index (χ2n) is 8.43. The van der Waals surface area contributed by atoms with Gasteiger partial charge in [0.05, 0.1) is 23.0 Å². The molecule has 2 aromatic heterocycles. The summed E-state index contributed by atoms with van der Waals surface area (Å²) in [5, 5.41) is 4.74. The van der Waals surface area contributed by atoms with E-state index < -0.39 is 12.0 Å². The molecule has 6 rings (SSSR count). The minimum atomic E-state index is -0.815. The molecule has 0 saturated carbocycles. The number of H-pyrrole nitrogens is 1. The van der Waals surface area contributed by atoms with Crippen molar-refractivity contribution in [3.8, 4) is 16.9 Å². The average Bonchev–Trinajstić information content (AvgIpc) is 3.62. The van der Waals surface area contributed by atoms with Gasteiger partial charge in [-0.05, 0) is 60.7 Å². The van der Waals surface area contributed by atoms with Crippen molar-refractivity contribution in [3.63, 3.8) is 0 Å². The maximum atomic E-state index is 14.6. The fourth-order valence-corrected chi connectivity index (χ4v) is 4.49. The number of amides is 1. The van der Waals surface area contributed by atoms with E-state index in [1.54, 1.807) is 29.1 Å². The lowest BCUT2D eigenvalue weighted by Crippen LogP contribution is -2.22. The van der Waals surface area contributed by atoms with Gasteiger partial charge in [-0.3, -0.25) is 9.69 Å². The van der Waals surface area contributed by atoms with Gasteiger partial charge < -0.3 is 9.72 Å². The first-order valence-corrected chi connectivity index (χ1v) is 12.1. The van der Waals surface area contributed by atoms with Gasteiger partial charge in [0.2, 0.25) is 0 Å². The highest BCUT2D eigenvalue weighted by Gasteiger charge is 2.35. The largest absolute Gasteiger partial charge is 0.345 e. The van der Waals surface area contributed by atoms with E-state index in [2.05, 4.69) is 25.9 Å². The van der Waals surface area contributed by atoms with E-state index in [4.69, 9.17) is 9.84 Å². The van der Waals surface area contributed by atoms with Crippen molar-refractivity contribution in [2.45, 2.75) is 6.23 Å². The first-order valence-electron chi connectivity index (χ1n) is 11.3. The maximum absolute atomic E-state index is 14.6. The Balaban J connectivity index is 1.41. The van der Waals surface area contributed by atoms with Crippen LogP contribution in [0.5, 0.6) is 0 Å². The maximum Gasteiger partial charge on any atom is 0.255 e. The Morgan fingerprint density at radius 2 is 1.86 bits per heavy atom. The zero-order valence-electron chi connectivity index (χ0n) is 19.1. The van der Waals surface area contributed by atoms with E-state index in [0.29, 0.717) is 27.9 Å². The van der Waals surface area contributed by atoms with Crippen LogP contribution in [-0.4, -0.2) is 37.2 Å². The van der Waals surface area contributed by atoms with E-state index in [-0.39, 0.29) is 23.9 Å². The summed E-state index contributed by atoms with van der Waals surface area (Å²) in [6, 6.07) is 16.5. The van der Waals surface area contributed by atoms with Crippen LogP contribution in [0, 0.1) is 11.6 Å². The fraction of sp³-hybridized carbons (Fsp3) is 0.0741. The van der Waals surface area contributed by atoms with Gasteiger partial charge in [-0.2, -0.15) is 5.10 Å². The van der Waals surface area contributed by atoms with Crippen molar-refractivity contribution in [2.75, 3.05) is 6.61 Å². The number of halogens is 3. The number of ether oxygens (including phenoxy) is 1. The summed E-state index contributed by atoms with van der Waals surface area (Å²) in [7, 11) is 0. The number of aromatic nitrogens is 4. The average molecular weight is 562 g/mol. The standard InChI is InChI=1S/C27H18BrF2N5O2/c28-18-3-7-20(8-4-18)35-13-21(26(33-35)16-1-5-19(29)6-2-16)27-34(25(36)14-37-27)10-9-17-11-23-24(12-22(17)30)32-15-31-23/h1-13,15,27H,14H2,(H,31,32)/b10-9+. The van der Waals surface area contributed by atoms with Crippen LogP contribution in [0.4, 0.5) is 8.78 Å². The monoisotopic (exact) mass is 561 g/mol. The quantitative estimate of drug-likeness (QED) is 0.286. The SMILES string of the molecule is O=C1COC(c2cn(-c3ccc(Br)cc3)nc2-c2ccc(F)cc2)N1/C=C/c1cc2nc[nH]c2cc1F. The summed E-state index contributed by atoms with van der Waals surface area (Å²) < 4.78 is 36.8. The number of nitrogens with one attached hydrogen (secondary N) is 1. The highest BCUT2D eigenvalue weighted by Crippen LogP contribution is 2.36. The van der Waals surface area contributed by atoms with Gasteiger partial charge in [-0.15, -0.1) is 0 Å². The molecule has 1 atom stereocenters. The Kier molecular flexibility index (Phi) is 5.90. The van der Waals surface area contributed by atoms with Crippen molar-refractivity contribution in [3.05, 3.63) is 107 Å². The number of carbonyl (C=O) groups is 1. The van der Waals surface area contributed by atoms with Crippen molar-refractivity contribution in [2.24, 2.45) is 0 Å². The lowest BCUT2D eigenvalue weighted by molar-refractivity contribution is -0.125. The van der Waals surface area contributed by atoms with E-state index in [0.717, 1.165) is 10.2 Å². The smallest absolute Gasteiger partial charge is 0.255 e. The third-order valence-corrected chi connectivity index (χ3v) is 6.60. The lowest BCUT2D eigenvalue weighted by Gasteiger charge is -2.19. The highest BCUT2D eigenvalue weighted by atomic mass is 79.9. The Morgan fingerprint density at radius 1 is 1.08 bits per heavy atom. The highest BCUT2D eigenvalue weighted by molar-refractivity contribution is 9.10. The minimum Gasteiger partial charge on any atom is -0.345 e. The molecule has 1 N–H and O–H groups in total. The summed E-state index contributed by atoms with van der Waals surface area (Å²) >= 11 is 3.43. The molecule has 184 valence electrons. The molecule has 1 aliphatic heterocycles.